The Kier molecular flexibility index (Phi) is 3.79. The van der Waals surface area contributed by atoms with Gasteiger partial charge in [0.05, 0.1) is 0 Å². The highest BCUT2D eigenvalue weighted by atomic mass is 16.3. The van der Waals surface area contributed by atoms with Crippen molar-refractivity contribution in [1.29, 1.82) is 0 Å². The molecule has 2 heteroatoms. The summed E-state index contributed by atoms with van der Waals surface area (Å²) in [5.41, 5.74) is 3.95. The zero-order valence-electron chi connectivity index (χ0n) is 14.4. The molecule has 3 atom stereocenters. The van der Waals surface area contributed by atoms with Gasteiger partial charge in [0, 0.05) is 6.61 Å². The van der Waals surface area contributed by atoms with Gasteiger partial charge in [-0.1, -0.05) is 40.2 Å². The fourth-order valence-electron chi connectivity index (χ4n) is 5.31. The molecule has 1 aromatic carbocycles. The van der Waals surface area contributed by atoms with E-state index in [-0.39, 0.29) is 17.4 Å². The van der Waals surface area contributed by atoms with Crippen molar-refractivity contribution >= 4 is 0 Å². The second-order valence-corrected chi connectivity index (χ2v) is 8.40. The summed E-state index contributed by atoms with van der Waals surface area (Å²) in [6.07, 6.45) is 5.68. The highest BCUT2D eigenvalue weighted by Crippen LogP contribution is 2.57. The van der Waals surface area contributed by atoms with Gasteiger partial charge >= 0.3 is 0 Å². The van der Waals surface area contributed by atoms with Gasteiger partial charge in [-0.15, -0.1) is 0 Å². The zero-order valence-corrected chi connectivity index (χ0v) is 14.4. The van der Waals surface area contributed by atoms with Crippen LogP contribution in [0.1, 0.15) is 76.0 Å². The maximum absolute atomic E-state index is 10.5. The van der Waals surface area contributed by atoms with Crippen molar-refractivity contribution < 1.29 is 10.2 Å². The van der Waals surface area contributed by atoms with Crippen LogP contribution in [0.4, 0.5) is 0 Å². The summed E-state index contributed by atoms with van der Waals surface area (Å²) in [5.74, 6) is 1.31. The van der Waals surface area contributed by atoms with Crippen LogP contribution in [0.2, 0.25) is 0 Å². The zero-order chi connectivity index (χ0) is 16.1. The Morgan fingerprint density at radius 2 is 1.95 bits per heavy atom. The van der Waals surface area contributed by atoms with E-state index >= 15 is 0 Å². The molecule has 3 rings (SSSR count). The minimum atomic E-state index is 0.0248. The fraction of sp³-hybridized carbons (Fsp3) is 0.700. The second-order valence-electron chi connectivity index (χ2n) is 8.40. The number of benzene rings is 1. The number of hydrogen-bond acceptors (Lipinski definition) is 2. The molecule has 1 fully saturated rings. The number of aliphatic hydroxyl groups excluding tert-OH is 1. The van der Waals surface area contributed by atoms with Gasteiger partial charge in [-0.2, -0.15) is 0 Å². The smallest absolute Gasteiger partial charge is 0.119 e. The molecular formula is C20H30O2. The van der Waals surface area contributed by atoms with Crippen LogP contribution >= 0.6 is 0 Å². The summed E-state index contributed by atoms with van der Waals surface area (Å²) in [7, 11) is 0. The molecule has 0 aliphatic heterocycles. The van der Waals surface area contributed by atoms with Gasteiger partial charge in [0.2, 0.25) is 0 Å². The molecule has 0 saturated heterocycles. The summed E-state index contributed by atoms with van der Waals surface area (Å²) in [6.45, 7) is 9.16. The van der Waals surface area contributed by atoms with E-state index in [1.165, 1.54) is 17.5 Å². The number of aliphatic hydroxyl groups is 1. The number of aryl methyl sites for hydroxylation is 1. The lowest BCUT2D eigenvalue weighted by Gasteiger charge is -2.55. The van der Waals surface area contributed by atoms with E-state index < -0.39 is 0 Å². The average molecular weight is 302 g/mol. The lowest BCUT2D eigenvalue weighted by molar-refractivity contribution is -0.0179. The SMILES string of the molecule is CC(C)c1cc2c(cc1O)[C@@]1(C)CCC[C@@](C)(CO)C1CC2. The Labute approximate surface area is 134 Å². The van der Waals surface area contributed by atoms with Gasteiger partial charge in [0.25, 0.3) is 0 Å². The van der Waals surface area contributed by atoms with Crippen LogP contribution < -0.4 is 0 Å². The molecule has 0 amide bonds. The molecule has 22 heavy (non-hydrogen) atoms. The van der Waals surface area contributed by atoms with Crippen LogP contribution in [0, 0.1) is 11.3 Å². The van der Waals surface area contributed by atoms with E-state index in [1.807, 2.05) is 6.07 Å². The van der Waals surface area contributed by atoms with Crippen LogP contribution in [0.3, 0.4) is 0 Å². The van der Waals surface area contributed by atoms with Crippen LogP contribution in [0.25, 0.3) is 0 Å². The number of hydrogen-bond donors (Lipinski definition) is 2. The molecule has 0 radical (unpaired) electrons. The average Bonchev–Trinajstić information content (AvgIpc) is 2.47. The topological polar surface area (TPSA) is 40.5 Å². The van der Waals surface area contributed by atoms with Crippen molar-refractivity contribution in [2.75, 3.05) is 6.61 Å². The molecule has 2 N–H and O–H groups in total. The Hall–Kier alpha value is -1.02. The van der Waals surface area contributed by atoms with Crippen molar-refractivity contribution in [3.05, 3.63) is 28.8 Å². The molecule has 0 bridgehead atoms. The van der Waals surface area contributed by atoms with Crippen LogP contribution in [-0.4, -0.2) is 16.8 Å². The van der Waals surface area contributed by atoms with Crippen LogP contribution in [0.5, 0.6) is 5.75 Å². The molecule has 1 unspecified atom stereocenters. The van der Waals surface area contributed by atoms with Gasteiger partial charge in [0.15, 0.2) is 0 Å². The lowest BCUT2D eigenvalue weighted by Crippen LogP contribution is -2.50. The molecular weight excluding hydrogens is 272 g/mol. The first-order valence-electron chi connectivity index (χ1n) is 8.79. The largest absolute Gasteiger partial charge is 0.508 e. The van der Waals surface area contributed by atoms with Crippen molar-refractivity contribution in [3.8, 4) is 5.75 Å². The van der Waals surface area contributed by atoms with Crippen molar-refractivity contribution in [2.24, 2.45) is 11.3 Å². The molecule has 2 aliphatic carbocycles. The second kappa shape index (κ2) is 5.26. The van der Waals surface area contributed by atoms with Crippen LogP contribution in [-0.2, 0) is 11.8 Å². The highest BCUT2D eigenvalue weighted by molar-refractivity contribution is 5.48. The number of phenols is 1. The first-order chi connectivity index (χ1) is 10.3. The third-order valence-corrected chi connectivity index (χ3v) is 6.61. The summed E-state index contributed by atoms with van der Waals surface area (Å²) in [4.78, 5) is 0. The number of fused-ring (bicyclic) bond motifs is 3. The predicted octanol–water partition coefficient (Wildman–Crippen LogP) is 4.52. The van der Waals surface area contributed by atoms with Crippen molar-refractivity contribution in [3.63, 3.8) is 0 Å². The van der Waals surface area contributed by atoms with E-state index in [1.54, 1.807) is 0 Å². The highest BCUT2D eigenvalue weighted by Gasteiger charge is 2.51. The minimum Gasteiger partial charge on any atom is -0.508 e. The van der Waals surface area contributed by atoms with Crippen molar-refractivity contribution in [2.45, 2.75) is 71.1 Å². The maximum atomic E-state index is 10.5. The van der Waals surface area contributed by atoms with Crippen LogP contribution in [0.15, 0.2) is 12.1 Å². The molecule has 2 nitrogen and oxygen atoms in total. The quantitative estimate of drug-likeness (QED) is 0.843. The molecule has 1 aromatic rings. The Morgan fingerprint density at radius 3 is 2.59 bits per heavy atom. The Morgan fingerprint density at radius 1 is 1.23 bits per heavy atom. The summed E-state index contributed by atoms with van der Waals surface area (Å²) in [5, 5.41) is 20.5. The van der Waals surface area contributed by atoms with Gasteiger partial charge in [-0.05, 0) is 71.1 Å². The molecule has 0 aromatic heterocycles. The van der Waals surface area contributed by atoms with E-state index in [0.29, 0.717) is 17.6 Å². The van der Waals surface area contributed by atoms with Gasteiger partial charge in [0.1, 0.15) is 5.75 Å². The predicted molar refractivity (Wildman–Crippen MR) is 90.4 cm³/mol. The van der Waals surface area contributed by atoms with E-state index in [9.17, 15) is 10.2 Å². The van der Waals surface area contributed by atoms with Crippen molar-refractivity contribution in [1.82, 2.24) is 0 Å². The third-order valence-electron chi connectivity index (χ3n) is 6.61. The fourth-order valence-corrected chi connectivity index (χ4v) is 5.31. The lowest BCUT2D eigenvalue weighted by atomic mass is 9.50. The first-order valence-corrected chi connectivity index (χ1v) is 8.79. The number of aromatic hydroxyl groups is 1. The van der Waals surface area contributed by atoms with E-state index in [0.717, 1.165) is 31.2 Å². The normalized spacial score (nSPS) is 34.4. The summed E-state index contributed by atoms with van der Waals surface area (Å²) in [6, 6.07) is 4.28. The molecule has 0 heterocycles. The summed E-state index contributed by atoms with van der Waals surface area (Å²) >= 11 is 0. The van der Waals surface area contributed by atoms with Gasteiger partial charge < -0.3 is 10.2 Å². The molecule has 122 valence electrons. The van der Waals surface area contributed by atoms with E-state index in [2.05, 4.69) is 33.8 Å². The minimum absolute atomic E-state index is 0.0248. The van der Waals surface area contributed by atoms with Gasteiger partial charge in [-0.3, -0.25) is 0 Å². The Bertz CT molecular complexity index is 577. The van der Waals surface area contributed by atoms with E-state index in [4.69, 9.17) is 0 Å². The monoisotopic (exact) mass is 302 g/mol. The first kappa shape index (κ1) is 15.9. The Balaban J connectivity index is 2.11. The summed E-state index contributed by atoms with van der Waals surface area (Å²) < 4.78 is 0. The molecule has 0 spiro atoms. The molecule has 2 aliphatic rings. The molecule has 1 saturated carbocycles. The third kappa shape index (κ3) is 2.19. The van der Waals surface area contributed by atoms with Gasteiger partial charge in [-0.25, -0.2) is 0 Å². The standard InChI is InChI=1S/C20H30O2/c1-13(2)15-10-14-6-7-18-19(3,12-21)8-5-9-20(18,4)16(14)11-17(15)22/h10-11,13,18,21-22H,5-9,12H2,1-4H3/t18?,19-,20+/m0/s1. The number of phenolic OH excluding ortho intramolecular Hbond substituents is 1. The maximum Gasteiger partial charge on any atom is 0.119 e. The number of rotatable bonds is 2.